The zero-order valence-corrected chi connectivity index (χ0v) is 10.1. The number of pyridine rings is 1. The zero-order chi connectivity index (χ0) is 11.3. The molecule has 0 aliphatic rings. The highest BCUT2D eigenvalue weighted by molar-refractivity contribution is 9.10. The van der Waals surface area contributed by atoms with Crippen molar-refractivity contribution in [3.8, 4) is 0 Å². The maximum absolute atomic E-state index is 11.4. The number of hydrogen-bond acceptors (Lipinski definition) is 2. The van der Waals surface area contributed by atoms with Crippen molar-refractivity contribution in [2.75, 3.05) is 6.54 Å². The molecule has 82 valence electrons. The normalized spacial score (nSPS) is 10.0. The van der Waals surface area contributed by atoms with E-state index in [1.54, 1.807) is 12.3 Å². The van der Waals surface area contributed by atoms with Gasteiger partial charge in [0.15, 0.2) is 0 Å². The minimum atomic E-state index is -0.184. The van der Waals surface area contributed by atoms with Crippen LogP contribution in [0.3, 0.4) is 0 Å². The summed E-state index contributed by atoms with van der Waals surface area (Å²) in [6.45, 7) is 2.70. The highest BCUT2D eigenvalue weighted by atomic mass is 79.9. The molecule has 1 aromatic heterocycles. The third kappa shape index (κ3) is 3.87. The quantitative estimate of drug-likeness (QED) is 0.894. The van der Waals surface area contributed by atoms with Crippen molar-refractivity contribution in [2.24, 2.45) is 0 Å². The van der Waals surface area contributed by atoms with E-state index in [1.165, 1.54) is 10.6 Å². The summed E-state index contributed by atoms with van der Waals surface area (Å²) in [6.07, 6.45) is 2.49. The van der Waals surface area contributed by atoms with Gasteiger partial charge in [0.05, 0.1) is 0 Å². The maximum atomic E-state index is 11.4. The van der Waals surface area contributed by atoms with Gasteiger partial charge >= 0.3 is 0 Å². The molecule has 0 bridgehead atoms. The van der Waals surface area contributed by atoms with Crippen LogP contribution in [0, 0.1) is 0 Å². The molecular formula is C10H13BrN2O2. The van der Waals surface area contributed by atoms with Crippen molar-refractivity contribution in [1.29, 1.82) is 0 Å². The predicted octanol–water partition coefficient (Wildman–Crippen LogP) is 1.14. The average molecular weight is 273 g/mol. The molecule has 1 N–H and O–H groups in total. The summed E-state index contributed by atoms with van der Waals surface area (Å²) in [5.41, 5.74) is -0.184. The van der Waals surface area contributed by atoms with Gasteiger partial charge < -0.3 is 9.88 Å². The molecule has 0 aliphatic heterocycles. The second kappa shape index (κ2) is 5.70. The molecule has 4 nitrogen and oxygen atoms in total. The van der Waals surface area contributed by atoms with Gasteiger partial charge in [0.2, 0.25) is 5.91 Å². The molecule has 1 heterocycles. The first kappa shape index (κ1) is 12.0. The van der Waals surface area contributed by atoms with E-state index < -0.39 is 0 Å². The summed E-state index contributed by atoms with van der Waals surface area (Å²) in [5, 5.41) is 2.71. The van der Waals surface area contributed by atoms with Gasteiger partial charge in [-0.25, -0.2) is 0 Å². The smallest absolute Gasteiger partial charge is 0.252 e. The van der Waals surface area contributed by atoms with Crippen molar-refractivity contribution in [3.63, 3.8) is 0 Å². The van der Waals surface area contributed by atoms with Gasteiger partial charge in [0, 0.05) is 23.3 Å². The summed E-state index contributed by atoms with van der Waals surface area (Å²) < 4.78 is 2.09. The third-order valence-electron chi connectivity index (χ3n) is 1.84. The van der Waals surface area contributed by atoms with E-state index in [4.69, 9.17) is 0 Å². The largest absolute Gasteiger partial charge is 0.355 e. The Kier molecular flexibility index (Phi) is 4.55. The van der Waals surface area contributed by atoms with Gasteiger partial charge in [-0.05, 0) is 12.5 Å². The summed E-state index contributed by atoms with van der Waals surface area (Å²) in [6, 6.07) is 3.17. The van der Waals surface area contributed by atoms with Crippen LogP contribution in [0.15, 0.2) is 27.6 Å². The lowest BCUT2D eigenvalue weighted by Gasteiger charge is -2.05. The lowest BCUT2D eigenvalue weighted by molar-refractivity contribution is -0.121. The van der Waals surface area contributed by atoms with Gasteiger partial charge in [0.1, 0.15) is 6.54 Å². The fraction of sp³-hybridized carbons (Fsp3) is 0.400. The topological polar surface area (TPSA) is 51.1 Å². The molecule has 1 amide bonds. The Hall–Kier alpha value is -1.10. The Bertz CT molecular complexity index is 401. The molecule has 0 atom stereocenters. The van der Waals surface area contributed by atoms with Crippen molar-refractivity contribution < 1.29 is 4.79 Å². The van der Waals surface area contributed by atoms with Crippen LogP contribution in [-0.4, -0.2) is 17.0 Å². The van der Waals surface area contributed by atoms with Crippen LogP contribution >= 0.6 is 15.9 Å². The first-order valence-corrected chi connectivity index (χ1v) is 5.55. The molecule has 5 heteroatoms. The van der Waals surface area contributed by atoms with Crippen LogP contribution in [0.4, 0.5) is 0 Å². The van der Waals surface area contributed by atoms with Crippen molar-refractivity contribution in [2.45, 2.75) is 19.9 Å². The Labute approximate surface area is 96.4 Å². The molecule has 15 heavy (non-hydrogen) atoms. The summed E-state index contributed by atoms with van der Waals surface area (Å²) in [5.74, 6) is -0.138. The zero-order valence-electron chi connectivity index (χ0n) is 8.50. The van der Waals surface area contributed by atoms with Crippen LogP contribution in [0.5, 0.6) is 0 Å². The van der Waals surface area contributed by atoms with Crippen molar-refractivity contribution in [3.05, 3.63) is 33.2 Å². The number of carbonyl (C=O) groups excluding carboxylic acids is 1. The first-order chi connectivity index (χ1) is 7.13. The fourth-order valence-corrected chi connectivity index (χ4v) is 1.40. The van der Waals surface area contributed by atoms with E-state index in [0.717, 1.165) is 10.9 Å². The molecule has 0 saturated carbocycles. The van der Waals surface area contributed by atoms with Crippen LogP contribution in [0.1, 0.15) is 13.3 Å². The molecular weight excluding hydrogens is 260 g/mol. The summed E-state index contributed by atoms with van der Waals surface area (Å²) >= 11 is 3.19. The monoisotopic (exact) mass is 272 g/mol. The molecule has 0 aromatic carbocycles. The van der Waals surface area contributed by atoms with Crippen LogP contribution in [0.2, 0.25) is 0 Å². The molecule has 0 saturated heterocycles. The minimum Gasteiger partial charge on any atom is -0.355 e. The number of nitrogens with one attached hydrogen (secondary N) is 1. The number of hydrogen-bond donors (Lipinski definition) is 1. The first-order valence-electron chi connectivity index (χ1n) is 4.76. The molecule has 0 radical (unpaired) electrons. The second-order valence-electron chi connectivity index (χ2n) is 3.16. The Morgan fingerprint density at radius 3 is 2.93 bits per heavy atom. The molecule has 0 spiro atoms. The Balaban J connectivity index is 2.65. The molecule has 1 aromatic rings. The number of amides is 1. The van der Waals surface area contributed by atoms with Gasteiger partial charge in [-0.15, -0.1) is 0 Å². The summed E-state index contributed by atoms with van der Waals surface area (Å²) in [7, 11) is 0. The number of carbonyl (C=O) groups is 1. The molecule has 0 fully saturated rings. The van der Waals surface area contributed by atoms with E-state index in [1.807, 2.05) is 6.92 Å². The maximum Gasteiger partial charge on any atom is 0.252 e. The number of nitrogens with zero attached hydrogens (tertiary/aromatic N) is 1. The van der Waals surface area contributed by atoms with Crippen LogP contribution in [0.25, 0.3) is 0 Å². The van der Waals surface area contributed by atoms with Crippen molar-refractivity contribution in [1.82, 2.24) is 9.88 Å². The van der Waals surface area contributed by atoms with Crippen LogP contribution < -0.4 is 10.9 Å². The van der Waals surface area contributed by atoms with Gasteiger partial charge in [-0.2, -0.15) is 0 Å². The molecule has 0 aliphatic carbocycles. The molecule has 0 unspecified atom stereocenters. The van der Waals surface area contributed by atoms with E-state index >= 15 is 0 Å². The predicted molar refractivity (Wildman–Crippen MR) is 61.7 cm³/mol. The number of aromatic nitrogens is 1. The number of halogens is 1. The Morgan fingerprint density at radius 2 is 2.33 bits per heavy atom. The third-order valence-corrected chi connectivity index (χ3v) is 2.34. The second-order valence-corrected chi connectivity index (χ2v) is 4.08. The van der Waals surface area contributed by atoms with Gasteiger partial charge in [-0.1, -0.05) is 22.9 Å². The average Bonchev–Trinajstić information content (AvgIpc) is 2.19. The van der Waals surface area contributed by atoms with Crippen molar-refractivity contribution >= 4 is 21.8 Å². The van der Waals surface area contributed by atoms with Crippen LogP contribution in [-0.2, 0) is 11.3 Å². The SMILES string of the molecule is CCCNC(=O)Cn1ccc(Br)cc1=O. The number of rotatable bonds is 4. The standard InChI is InChI=1S/C10H13BrN2O2/c1-2-4-12-9(14)7-13-5-3-8(11)6-10(13)15/h3,5-6H,2,4,7H2,1H3,(H,12,14). The van der Waals surface area contributed by atoms with Gasteiger partial charge in [0.25, 0.3) is 5.56 Å². The van der Waals surface area contributed by atoms with E-state index in [2.05, 4.69) is 21.2 Å². The highest BCUT2D eigenvalue weighted by Crippen LogP contribution is 2.03. The lowest BCUT2D eigenvalue weighted by atomic mass is 10.4. The fourth-order valence-electron chi connectivity index (χ4n) is 1.09. The Morgan fingerprint density at radius 1 is 1.60 bits per heavy atom. The highest BCUT2D eigenvalue weighted by Gasteiger charge is 2.03. The van der Waals surface area contributed by atoms with E-state index in [0.29, 0.717) is 6.54 Å². The minimum absolute atomic E-state index is 0.0755. The van der Waals surface area contributed by atoms with Gasteiger partial charge in [-0.3, -0.25) is 9.59 Å². The summed E-state index contributed by atoms with van der Waals surface area (Å²) in [4.78, 5) is 22.7. The van der Waals surface area contributed by atoms with E-state index in [9.17, 15) is 9.59 Å². The molecule has 1 rings (SSSR count). The van der Waals surface area contributed by atoms with E-state index in [-0.39, 0.29) is 18.0 Å². The lowest BCUT2D eigenvalue weighted by Crippen LogP contribution is -2.32.